The minimum Gasteiger partial charge on any atom is -0.373 e. The molecule has 3 nitrogen and oxygen atoms in total. The number of hydrogen-bond acceptors (Lipinski definition) is 3. The van der Waals surface area contributed by atoms with Gasteiger partial charge in [-0.05, 0) is 30.4 Å². The predicted molar refractivity (Wildman–Crippen MR) is 58.9 cm³/mol. The van der Waals surface area contributed by atoms with Gasteiger partial charge in [-0.3, -0.25) is 4.79 Å². The molecule has 0 unspecified atom stereocenters. The Morgan fingerprint density at radius 2 is 1.89 bits per heavy atom. The number of benzene rings is 1. The van der Waals surface area contributed by atoms with Crippen LogP contribution in [-0.2, 0) is 9.63 Å². The summed E-state index contributed by atoms with van der Waals surface area (Å²) in [6, 6.07) is 1.33. The van der Waals surface area contributed by atoms with E-state index >= 15 is 0 Å². The molecule has 0 aliphatic carbocycles. The van der Waals surface area contributed by atoms with Crippen LogP contribution < -0.4 is 5.90 Å². The second-order valence-corrected chi connectivity index (χ2v) is 3.92. The van der Waals surface area contributed by atoms with Gasteiger partial charge in [0.25, 0.3) is 0 Å². The van der Waals surface area contributed by atoms with Gasteiger partial charge in [0.05, 0.1) is 0 Å². The van der Waals surface area contributed by atoms with Crippen LogP contribution in [0.5, 0.6) is 0 Å². The van der Waals surface area contributed by atoms with E-state index < -0.39 is 23.4 Å². The van der Waals surface area contributed by atoms with Gasteiger partial charge in [-0.25, -0.2) is 13.2 Å². The van der Waals surface area contributed by atoms with E-state index in [1.54, 1.807) is 6.92 Å². The van der Waals surface area contributed by atoms with Crippen LogP contribution in [0.4, 0.5) is 13.2 Å². The average molecular weight is 261 g/mol. The number of rotatable bonds is 5. The molecule has 100 valence electrons. The standard InChI is InChI=1S/C12H14F3NO2/c1-2-7(3-4-12(17)18-16)8-5-10(14)11(15)6-9(8)13/h5-7H,2-4,16H2,1H3/t7-/m1/s1. The Bertz CT molecular complexity index is 438. The maximum absolute atomic E-state index is 13.5. The molecule has 1 atom stereocenters. The summed E-state index contributed by atoms with van der Waals surface area (Å²) in [6.45, 7) is 1.76. The molecule has 0 spiro atoms. The summed E-state index contributed by atoms with van der Waals surface area (Å²) in [5, 5.41) is 0. The van der Waals surface area contributed by atoms with Gasteiger partial charge in [0.1, 0.15) is 5.82 Å². The van der Waals surface area contributed by atoms with Gasteiger partial charge in [-0.2, -0.15) is 5.90 Å². The topological polar surface area (TPSA) is 52.3 Å². The number of carbonyl (C=O) groups excluding carboxylic acids is 1. The Morgan fingerprint density at radius 1 is 1.28 bits per heavy atom. The van der Waals surface area contributed by atoms with Crippen LogP contribution in [0.3, 0.4) is 0 Å². The monoisotopic (exact) mass is 261 g/mol. The molecule has 0 radical (unpaired) electrons. The number of halogens is 3. The Hall–Kier alpha value is -1.56. The highest BCUT2D eigenvalue weighted by atomic mass is 19.2. The van der Waals surface area contributed by atoms with Crippen LogP contribution in [-0.4, -0.2) is 5.97 Å². The lowest BCUT2D eigenvalue weighted by atomic mass is 9.91. The maximum atomic E-state index is 13.5. The number of hydrogen-bond donors (Lipinski definition) is 1. The maximum Gasteiger partial charge on any atom is 0.324 e. The van der Waals surface area contributed by atoms with Crippen molar-refractivity contribution in [1.29, 1.82) is 0 Å². The number of nitrogens with two attached hydrogens (primary N) is 1. The molecule has 0 amide bonds. The summed E-state index contributed by atoms with van der Waals surface area (Å²) >= 11 is 0. The highest BCUT2D eigenvalue weighted by molar-refractivity contribution is 5.68. The third-order valence-corrected chi connectivity index (χ3v) is 2.80. The van der Waals surface area contributed by atoms with Crippen molar-refractivity contribution in [3.8, 4) is 0 Å². The molecule has 1 aromatic carbocycles. The summed E-state index contributed by atoms with van der Waals surface area (Å²) in [5.41, 5.74) is 0.0567. The summed E-state index contributed by atoms with van der Waals surface area (Å²) in [6.07, 6.45) is 0.738. The molecule has 0 heterocycles. The molecule has 18 heavy (non-hydrogen) atoms. The van der Waals surface area contributed by atoms with Crippen LogP contribution in [0.15, 0.2) is 12.1 Å². The first-order chi connectivity index (χ1) is 8.49. The van der Waals surface area contributed by atoms with Crippen LogP contribution in [0, 0.1) is 17.5 Å². The molecule has 0 aromatic heterocycles. The Kier molecular flexibility index (Phi) is 5.15. The molecule has 0 aliphatic rings. The van der Waals surface area contributed by atoms with Crippen LogP contribution in [0.2, 0.25) is 0 Å². The summed E-state index contributed by atoms with van der Waals surface area (Å²) in [4.78, 5) is 14.9. The first-order valence-electron chi connectivity index (χ1n) is 5.53. The van der Waals surface area contributed by atoms with Crippen molar-refractivity contribution in [3.05, 3.63) is 35.1 Å². The van der Waals surface area contributed by atoms with Crippen LogP contribution in [0.25, 0.3) is 0 Å². The van der Waals surface area contributed by atoms with E-state index in [1.165, 1.54) is 0 Å². The largest absolute Gasteiger partial charge is 0.373 e. The molecule has 1 aromatic rings. The second kappa shape index (κ2) is 6.39. The van der Waals surface area contributed by atoms with E-state index in [1.807, 2.05) is 0 Å². The molecule has 6 heteroatoms. The molecule has 0 saturated carbocycles. The van der Waals surface area contributed by atoms with E-state index in [0.29, 0.717) is 12.5 Å². The first kappa shape index (κ1) is 14.5. The molecule has 0 saturated heterocycles. The first-order valence-corrected chi connectivity index (χ1v) is 5.53. The Morgan fingerprint density at radius 3 is 2.44 bits per heavy atom. The van der Waals surface area contributed by atoms with Crippen molar-refractivity contribution in [2.24, 2.45) is 5.90 Å². The molecule has 1 rings (SSSR count). The molecule has 2 N–H and O–H groups in total. The van der Waals surface area contributed by atoms with Gasteiger partial charge in [0, 0.05) is 12.5 Å². The minimum absolute atomic E-state index is 0.00651. The summed E-state index contributed by atoms with van der Waals surface area (Å²) in [5.74, 6) is 0.509. The Balaban J connectivity index is 2.88. The molecule has 0 fully saturated rings. The van der Waals surface area contributed by atoms with E-state index in [0.717, 1.165) is 6.07 Å². The zero-order valence-electron chi connectivity index (χ0n) is 9.88. The zero-order chi connectivity index (χ0) is 13.7. The van der Waals surface area contributed by atoms with Gasteiger partial charge in [0.15, 0.2) is 11.6 Å². The zero-order valence-corrected chi connectivity index (χ0v) is 9.88. The van der Waals surface area contributed by atoms with Gasteiger partial charge < -0.3 is 4.84 Å². The van der Waals surface area contributed by atoms with Crippen molar-refractivity contribution in [1.82, 2.24) is 0 Å². The van der Waals surface area contributed by atoms with Crippen molar-refractivity contribution in [2.75, 3.05) is 0 Å². The molecule has 0 bridgehead atoms. The molecular weight excluding hydrogens is 247 g/mol. The summed E-state index contributed by atoms with van der Waals surface area (Å²) < 4.78 is 39.4. The van der Waals surface area contributed by atoms with Crippen molar-refractivity contribution >= 4 is 5.97 Å². The van der Waals surface area contributed by atoms with E-state index in [9.17, 15) is 18.0 Å². The minimum atomic E-state index is -1.23. The van der Waals surface area contributed by atoms with Gasteiger partial charge in [-0.15, -0.1) is 0 Å². The lowest BCUT2D eigenvalue weighted by Gasteiger charge is -2.15. The second-order valence-electron chi connectivity index (χ2n) is 3.92. The fraction of sp³-hybridized carbons (Fsp3) is 0.417. The third-order valence-electron chi connectivity index (χ3n) is 2.80. The van der Waals surface area contributed by atoms with E-state index in [2.05, 4.69) is 10.7 Å². The molecular formula is C12H14F3NO2. The third kappa shape index (κ3) is 3.46. The Labute approximate surface area is 103 Å². The lowest BCUT2D eigenvalue weighted by molar-refractivity contribution is -0.144. The smallest absolute Gasteiger partial charge is 0.324 e. The van der Waals surface area contributed by atoms with Crippen molar-refractivity contribution < 1.29 is 22.8 Å². The van der Waals surface area contributed by atoms with Gasteiger partial charge in [0.2, 0.25) is 0 Å². The van der Waals surface area contributed by atoms with Crippen LogP contribution >= 0.6 is 0 Å². The lowest BCUT2D eigenvalue weighted by Crippen LogP contribution is -2.12. The fourth-order valence-corrected chi connectivity index (χ4v) is 1.78. The van der Waals surface area contributed by atoms with Gasteiger partial charge >= 0.3 is 5.97 Å². The van der Waals surface area contributed by atoms with Crippen molar-refractivity contribution in [2.45, 2.75) is 32.1 Å². The quantitative estimate of drug-likeness (QED) is 0.655. The number of carbonyl (C=O) groups is 1. The normalized spacial score (nSPS) is 12.3. The van der Waals surface area contributed by atoms with E-state index in [-0.39, 0.29) is 24.3 Å². The summed E-state index contributed by atoms with van der Waals surface area (Å²) in [7, 11) is 0. The highest BCUT2D eigenvalue weighted by Crippen LogP contribution is 2.28. The van der Waals surface area contributed by atoms with Crippen LogP contribution in [0.1, 0.15) is 37.7 Å². The highest BCUT2D eigenvalue weighted by Gasteiger charge is 2.18. The van der Waals surface area contributed by atoms with Gasteiger partial charge in [-0.1, -0.05) is 6.92 Å². The molecule has 0 aliphatic heterocycles. The predicted octanol–water partition coefficient (Wildman–Crippen LogP) is 2.79. The van der Waals surface area contributed by atoms with E-state index in [4.69, 9.17) is 0 Å². The fourth-order valence-electron chi connectivity index (χ4n) is 1.78. The van der Waals surface area contributed by atoms with Crippen molar-refractivity contribution in [3.63, 3.8) is 0 Å². The SMILES string of the molecule is CC[C@H](CCC(=O)ON)c1cc(F)c(F)cc1F. The average Bonchev–Trinajstić information content (AvgIpc) is 2.35.